The van der Waals surface area contributed by atoms with E-state index in [-0.39, 0.29) is 19.3 Å². The van der Waals surface area contributed by atoms with Gasteiger partial charge >= 0.3 is 5.97 Å². The van der Waals surface area contributed by atoms with Crippen molar-refractivity contribution in [3.05, 3.63) is 48.0 Å². The first-order chi connectivity index (χ1) is 11.4. The second-order valence-electron chi connectivity index (χ2n) is 5.86. The summed E-state index contributed by atoms with van der Waals surface area (Å²) in [5.41, 5.74) is 5.74. The number of carbonyl (C=O) groups excluding carboxylic acids is 1. The quantitative estimate of drug-likeness (QED) is 0.628. The van der Waals surface area contributed by atoms with Crippen LogP contribution < -0.4 is 5.73 Å². The fourth-order valence-corrected chi connectivity index (χ4v) is 3.59. The van der Waals surface area contributed by atoms with Gasteiger partial charge in [0.25, 0.3) is 0 Å². The molecule has 0 aromatic heterocycles. The molecule has 0 aliphatic rings. The van der Waals surface area contributed by atoms with Crippen LogP contribution in [0.5, 0.6) is 0 Å². The average Bonchev–Trinajstić information content (AvgIpc) is 2.54. The van der Waals surface area contributed by atoms with Crippen LogP contribution >= 0.6 is 8.46 Å². The van der Waals surface area contributed by atoms with Crippen LogP contribution in [0.3, 0.4) is 0 Å². The topological polar surface area (TPSA) is 118 Å². The first-order valence-corrected chi connectivity index (χ1v) is 8.58. The normalized spacial score (nSPS) is 15.4. The largest absolute Gasteiger partial charge is 0.481 e. The van der Waals surface area contributed by atoms with Gasteiger partial charge in [0.1, 0.15) is 5.34 Å². The van der Waals surface area contributed by atoms with Crippen molar-refractivity contribution in [2.75, 3.05) is 0 Å². The lowest BCUT2D eigenvalue weighted by molar-refractivity contribution is -0.147. The molecule has 7 heteroatoms. The van der Waals surface area contributed by atoms with E-state index in [0.29, 0.717) is 5.56 Å². The third-order valence-electron chi connectivity index (χ3n) is 4.09. The second-order valence-corrected chi connectivity index (χ2v) is 7.10. The summed E-state index contributed by atoms with van der Waals surface area (Å²) in [6.45, 7) is 0. The highest BCUT2D eigenvalue weighted by Gasteiger charge is 2.41. The lowest BCUT2D eigenvalue weighted by Crippen LogP contribution is -2.40. The molecule has 2 aromatic carbocycles. The van der Waals surface area contributed by atoms with E-state index < -0.39 is 31.6 Å². The average molecular weight is 349 g/mol. The van der Waals surface area contributed by atoms with Gasteiger partial charge in [-0.1, -0.05) is 42.5 Å². The van der Waals surface area contributed by atoms with Crippen LogP contribution in [0, 0.1) is 5.92 Å². The Bertz CT molecular complexity index is 778. The summed E-state index contributed by atoms with van der Waals surface area (Å²) in [7, 11) is -1.79. The lowest BCUT2D eigenvalue weighted by atomic mass is 9.90. The Balaban J connectivity index is 2.30. The van der Waals surface area contributed by atoms with Crippen LogP contribution in [-0.2, 0) is 20.6 Å². The number of carbonyl (C=O) groups is 2. The molecule has 0 saturated carbocycles. The molecular formula is C17H20NO5P. The van der Waals surface area contributed by atoms with Gasteiger partial charge in [-0.3, -0.25) is 9.59 Å². The van der Waals surface area contributed by atoms with E-state index >= 15 is 0 Å². The van der Waals surface area contributed by atoms with Crippen molar-refractivity contribution in [1.82, 2.24) is 0 Å². The fraction of sp³-hybridized carbons (Fsp3) is 0.294. The molecule has 0 heterocycles. The van der Waals surface area contributed by atoms with Crippen LogP contribution in [0.25, 0.3) is 10.8 Å². The predicted octanol–water partition coefficient (Wildman–Crippen LogP) is 1.79. The van der Waals surface area contributed by atoms with E-state index in [4.69, 9.17) is 5.73 Å². The van der Waals surface area contributed by atoms with Gasteiger partial charge in [0.05, 0.1) is 14.4 Å². The van der Waals surface area contributed by atoms with Crippen molar-refractivity contribution in [2.24, 2.45) is 11.7 Å². The summed E-state index contributed by atoms with van der Waals surface area (Å²) in [5, 5.41) is 20.1. The molecule has 128 valence electrons. The van der Waals surface area contributed by atoms with Crippen molar-refractivity contribution in [2.45, 2.75) is 24.6 Å². The third kappa shape index (κ3) is 4.22. The number of rotatable bonds is 8. The molecule has 0 fully saturated rings. The Morgan fingerprint density at radius 1 is 1.17 bits per heavy atom. The minimum Gasteiger partial charge on any atom is -0.481 e. The summed E-state index contributed by atoms with van der Waals surface area (Å²) >= 11 is 0. The molecule has 0 radical (unpaired) electrons. The zero-order chi connectivity index (χ0) is 17.7. The van der Waals surface area contributed by atoms with Crippen LogP contribution in [0.15, 0.2) is 42.5 Å². The van der Waals surface area contributed by atoms with Gasteiger partial charge < -0.3 is 20.5 Å². The van der Waals surface area contributed by atoms with Crippen molar-refractivity contribution in [3.63, 3.8) is 0 Å². The summed E-state index contributed by atoms with van der Waals surface area (Å²) in [4.78, 5) is 22.4. The maximum atomic E-state index is 11.7. The maximum absolute atomic E-state index is 11.7. The smallest absolute Gasteiger partial charge is 0.309 e. The first-order valence-electron chi connectivity index (χ1n) is 7.53. The highest BCUT2D eigenvalue weighted by atomic mass is 31.1. The van der Waals surface area contributed by atoms with Gasteiger partial charge in [-0.25, -0.2) is 0 Å². The molecular weight excluding hydrogens is 329 g/mol. The Kier molecular flexibility index (Phi) is 5.75. The predicted molar refractivity (Wildman–Crippen MR) is 92.6 cm³/mol. The summed E-state index contributed by atoms with van der Waals surface area (Å²) in [6, 6.07) is 13.1. The molecule has 24 heavy (non-hydrogen) atoms. The molecule has 2 aromatic rings. The summed E-state index contributed by atoms with van der Waals surface area (Å²) in [6.07, 6.45) is -0.396. The summed E-state index contributed by atoms with van der Waals surface area (Å²) < 4.78 is 11.7. The minimum absolute atomic E-state index is 0.0631. The second kappa shape index (κ2) is 7.60. The Labute approximate surface area is 140 Å². The third-order valence-corrected chi connectivity index (χ3v) is 5.10. The molecule has 0 aliphatic carbocycles. The zero-order valence-electron chi connectivity index (χ0n) is 13.0. The molecule has 6 nitrogen and oxygen atoms in total. The molecule has 3 atom stereocenters. The standard InChI is InChI=1S/C17H20NO5P/c18-15(19)8-7-14(16(20)21)17(22,24-23)10-11-5-6-12-3-1-2-4-13(12)9-11/h1-6,9,14,22H,7-8,10,24H2,(H2,18,19)(H,20,21). The van der Waals surface area contributed by atoms with Gasteiger partial charge in [0.2, 0.25) is 5.91 Å². The van der Waals surface area contributed by atoms with E-state index in [9.17, 15) is 24.4 Å². The number of carboxylic acids is 1. The number of amides is 1. The van der Waals surface area contributed by atoms with E-state index in [1.807, 2.05) is 36.4 Å². The monoisotopic (exact) mass is 349 g/mol. The minimum atomic E-state index is -1.90. The zero-order valence-corrected chi connectivity index (χ0v) is 14.2. The SMILES string of the molecule is NC(=O)CCC(C(=O)O)C(O)(Cc1ccc2ccccc2c1)[PH2]=O. The van der Waals surface area contributed by atoms with E-state index in [1.165, 1.54) is 0 Å². The van der Waals surface area contributed by atoms with E-state index in [0.717, 1.165) is 10.8 Å². The maximum Gasteiger partial charge on any atom is 0.309 e. The molecule has 2 rings (SSSR count). The molecule has 3 unspecified atom stereocenters. The number of primary amides is 1. The number of fused-ring (bicyclic) bond motifs is 1. The molecule has 0 bridgehead atoms. The van der Waals surface area contributed by atoms with Gasteiger partial charge in [0, 0.05) is 12.8 Å². The molecule has 1 amide bonds. The number of hydrogen-bond donors (Lipinski definition) is 3. The van der Waals surface area contributed by atoms with Crippen LogP contribution in [0.4, 0.5) is 0 Å². The van der Waals surface area contributed by atoms with Crippen LogP contribution in [-0.4, -0.2) is 27.4 Å². The van der Waals surface area contributed by atoms with Gasteiger partial charge in [-0.05, 0) is 22.8 Å². The summed E-state index contributed by atoms with van der Waals surface area (Å²) in [5.74, 6) is -3.26. The number of nitrogens with two attached hydrogens (primary N) is 1. The van der Waals surface area contributed by atoms with E-state index in [2.05, 4.69) is 0 Å². The molecule has 0 aliphatic heterocycles. The Morgan fingerprint density at radius 3 is 2.42 bits per heavy atom. The number of benzene rings is 2. The van der Waals surface area contributed by atoms with Gasteiger partial charge in [-0.2, -0.15) is 0 Å². The van der Waals surface area contributed by atoms with Gasteiger partial charge in [0.15, 0.2) is 0 Å². The number of carboxylic acid groups (broad SMARTS) is 1. The van der Waals surface area contributed by atoms with Crippen molar-refractivity contribution in [1.29, 1.82) is 0 Å². The molecule has 0 spiro atoms. The van der Waals surface area contributed by atoms with Crippen LogP contribution in [0.2, 0.25) is 0 Å². The van der Waals surface area contributed by atoms with Crippen LogP contribution in [0.1, 0.15) is 18.4 Å². The Morgan fingerprint density at radius 2 is 1.83 bits per heavy atom. The van der Waals surface area contributed by atoms with E-state index in [1.54, 1.807) is 6.07 Å². The van der Waals surface area contributed by atoms with Crippen molar-refractivity contribution < 1.29 is 24.4 Å². The fourth-order valence-electron chi connectivity index (χ4n) is 2.80. The van der Waals surface area contributed by atoms with Crippen molar-refractivity contribution in [3.8, 4) is 0 Å². The van der Waals surface area contributed by atoms with Crippen molar-refractivity contribution >= 4 is 31.1 Å². The Hall–Kier alpha value is -2.17. The highest BCUT2D eigenvalue weighted by Crippen LogP contribution is 2.36. The number of aliphatic hydroxyl groups is 1. The number of aliphatic carboxylic acids is 1. The first kappa shape index (κ1) is 18.2. The van der Waals surface area contributed by atoms with Gasteiger partial charge in [-0.15, -0.1) is 0 Å². The lowest BCUT2D eigenvalue weighted by Gasteiger charge is -2.29. The number of hydrogen-bond acceptors (Lipinski definition) is 4. The molecule has 0 saturated heterocycles. The molecule has 4 N–H and O–H groups in total. The highest BCUT2D eigenvalue weighted by molar-refractivity contribution is 7.25.